The Labute approximate surface area is 115 Å². The molecule has 0 radical (unpaired) electrons. The molecule has 3 fully saturated rings. The summed E-state index contributed by atoms with van der Waals surface area (Å²) in [5.41, 5.74) is 0. The lowest BCUT2D eigenvalue weighted by molar-refractivity contribution is -0.134. The minimum atomic E-state index is 0.350. The highest BCUT2D eigenvalue weighted by Crippen LogP contribution is 2.16. The summed E-state index contributed by atoms with van der Waals surface area (Å²) in [7, 11) is 0. The first-order valence-corrected chi connectivity index (χ1v) is 7.64. The predicted molar refractivity (Wildman–Crippen MR) is 73.0 cm³/mol. The van der Waals surface area contributed by atoms with E-state index in [0.29, 0.717) is 17.9 Å². The monoisotopic (exact) mass is 267 g/mol. The number of hydrogen-bond acceptors (Lipinski definition) is 4. The average molecular weight is 267 g/mol. The van der Waals surface area contributed by atoms with Gasteiger partial charge in [-0.05, 0) is 31.8 Å². The van der Waals surface area contributed by atoms with E-state index in [4.69, 9.17) is 4.74 Å². The van der Waals surface area contributed by atoms with E-state index in [2.05, 4.69) is 10.2 Å². The second-order valence-electron chi connectivity index (χ2n) is 6.04. The van der Waals surface area contributed by atoms with Crippen LogP contribution in [0.15, 0.2) is 0 Å². The average Bonchev–Trinajstić information content (AvgIpc) is 2.87. The van der Waals surface area contributed by atoms with Crippen molar-refractivity contribution < 1.29 is 9.53 Å². The summed E-state index contributed by atoms with van der Waals surface area (Å²) in [6.45, 7) is 7.82. The van der Waals surface area contributed by atoms with Gasteiger partial charge in [0.15, 0.2) is 0 Å². The SMILES string of the molecule is O=C(CC1CNC1)N1CCN(CC2CCCO2)CC1. The molecule has 3 aliphatic heterocycles. The Hall–Kier alpha value is -0.650. The number of ether oxygens (including phenoxy) is 1. The van der Waals surface area contributed by atoms with Gasteiger partial charge in [0.1, 0.15) is 0 Å². The molecule has 1 unspecified atom stereocenters. The highest BCUT2D eigenvalue weighted by Gasteiger charge is 2.27. The van der Waals surface area contributed by atoms with E-state index in [0.717, 1.165) is 58.8 Å². The number of carbonyl (C=O) groups is 1. The molecule has 0 bridgehead atoms. The van der Waals surface area contributed by atoms with E-state index in [-0.39, 0.29) is 0 Å². The zero-order chi connectivity index (χ0) is 13.1. The van der Waals surface area contributed by atoms with Crippen LogP contribution in [0.4, 0.5) is 0 Å². The summed E-state index contributed by atoms with van der Waals surface area (Å²) in [6.07, 6.45) is 3.58. The van der Waals surface area contributed by atoms with Crippen LogP contribution in [0.3, 0.4) is 0 Å². The summed E-state index contributed by atoms with van der Waals surface area (Å²) in [6, 6.07) is 0. The number of hydrogen-bond donors (Lipinski definition) is 1. The fraction of sp³-hybridized carbons (Fsp3) is 0.929. The van der Waals surface area contributed by atoms with Gasteiger partial charge in [-0.25, -0.2) is 0 Å². The Morgan fingerprint density at radius 2 is 2.00 bits per heavy atom. The van der Waals surface area contributed by atoms with Gasteiger partial charge in [0.2, 0.25) is 5.91 Å². The van der Waals surface area contributed by atoms with Crippen LogP contribution in [0.1, 0.15) is 19.3 Å². The van der Waals surface area contributed by atoms with Gasteiger partial charge in [0.05, 0.1) is 6.10 Å². The van der Waals surface area contributed by atoms with Crippen LogP contribution in [-0.2, 0) is 9.53 Å². The molecule has 3 heterocycles. The summed E-state index contributed by atoms with van der Waals surface area (Å²) in [5, 5.41) is 3.22. The maximum atomic E-state index is 12.1. The van der Waals surface area contributed by atoms with Crippen LogP contribution >= 0.6 is 0 Å². The molecule has 3 aliphatic rings. The van der Waals surface area contributed by atoms with Crippen molar-refractivity contribution in [1.29, 1.82) is 0 Å². The van der Waals surface area contributed by atoms with Gasteiger partial charge in [0, 0.05) is 45.8 Å². The van der Waals surface area contributed by atoms with Gasteiger partial charge in [-0.2, -0.15) is 0 Å². The molecule has 19 heavy (non-hydrogen) atoms. The number of amides is 1. The Morgan fingerprint density at radius 1 is 1.21 bits per heavy atom. The molecule has 1 atom stereocenters. The number of nitrogens with zero attached hydrogens (tertiary/aromatic N) is 2. The second kappa shape index (κ2) is 6.20. The van der Waals surface area contributed by atoms with Crippen LogP contribution in [0.25, 0.3) is 0 Å². The first kappa shape index (κ1) is 13.3. The van der Waals surface area contributed by atoms with Crippen LogP contribution in [0.5, 0.6) is 0 Å². The van der Waals surface area contributed by atoms with E-state index in [9.17, 15) is 4.79 Å². The van der Waals surface area contributed by atoms with Gasteiger partial charge in [-0.1, -0.05) is 0 Å². The third kappa shape index (κ3) is 3.46. The maximum absolute atomic E-state index is 12.1. The molecule has 0 aromatic heterocycles. The van der Waals surface area contributed by atoms with E-state index >= 15 is 0 Å². The van der Waals surface area contributed by atoms with Crippen molar-refractivity contribution in [2.45, 2.75) is 25.4 Å². The molecule has 0 spiro atoms. The van der Waals surface area contributed by atoms with Crippen molar-refractivity contribution in [2.75, 3.05) is 52.4 Å². The normalized spacial score (nSPS) is 29.5. The fourth-order valence-electron chi connectivity index (χ4n) is 3.13. The predicted octanol–water partition coefficient (Wildman–Crippen LogP) is -0.0809. The van der Waals surface area contributed by atoms with E-state index in [1.54, 1.807) is 0 Å². The molecule has 5 heteroatoms. The number of nitrogens with one attached hydrogen (secondary N) is 1. The standard InChI is InChI=1S/C14H25N3O2/c18-14(8-12-9-15-10-12)17-5-3-16(4-6-17)11-13-2-1-7-19-13/h12-13,15H,1-11H2. The van der Waals surface area contributed by atoms with E-state index in [1.807, 2.05) is 4.90 Å². The van der Waals surface area contributed by atoms with Gasteiger partial charge in [-0.15, -0.1) is 0 Å². The molecule has 0 aromatic rings. The van der Waals surface area contributed by atoms with Crippen LogP contribution < -0.4 is 5.32 Å². The zero-order valence-corrected chi connectivity index (χ0v) is 11.6. The topological polar surface area (TPSA) is 44.8 Å². The minimum Gasteiger partial charge on any atom is -0.377 e. The molecular formula is C14H25N3O2. The first-order valence-electron chi connectivity index (χ1n) is 7.64. The van der Waals surface area contributed by atoms with Crippen molar-refractivity contribution in [1.82, 2.24) is 15.1 Å². The summed E-state index contributed by atoms with van der Waals surface area (Å²) < 4.78 is 5.68. The second-order valence-corrected chi connectivity index (χ2v) is 6.04. The molecule has 3 saturated heterocycles. The summed E-state index contributed by atoms with van der Waals surface area (Å²) >= 11 is 0. The lowest BCUT2D eigenvalue weighted by Crippen LogP contribution is -2.52. The molecule has 0 aromatic carbocycles. The van der Waals surface area contributed by atoms with Crippen LogP contribution in [-0.4, -0.2) is 74.2 Å². The summed E-state index contributed by atoms with van der Waals surface area (Å²) in [4.78, 5) is 16.6. The molecule has 5 nitrogen and oxygen atoms in total. The fourth-order valence-corrected chi connectivity index (χ4v) is 3.13. The van der Waals surface area contributed by atoms with E-state index < -0.39 is 0 Å². The molecule has 0 aliphatic carbocycles. The van der Waals surface area contributed by atoms with Crippen LogP contribution in [0, 0.1) is 5.92 Å². The lowest BCUT2D eigenvalue weighted by atomic mass is 9.98. The first-order chi connectivity index (χ1) is 9.31. The van der Waals surface area contributed by atoms with E-state index in [1.165, 1.54) is 12.8 Å². The van der Waals surface area contributed by atoms with Gasteiger partial charge >= 0.3 is 0 Å². The van der Waals surface area contributed by atoms with Gasteiger partial charge < -0.3 is 15.0 Å². The van der Waals surface area contributed by atoms with Crippen molar-refractivity contribution in [3.8, 4) is 0 Å². The number of carbonyl (C=O) groups excluding carboxylic acids is 1. The molecule has 1 N–H and O–H groups in total. The Morgan fingerprint density at radius 3 is 2.58 bits per heavy atom. The Balaban J connectivity index is 1.37. The lowest BCUT2D eigenvalue weighted by Gasteiger charge is -2.37. The molecule has 108 valence electrons. The molecular weight excluding hydrogens is 242 g/mol. The van der Waals surface area contributed by atoms with Crippen molar-refractivity contribution in [2.24, 2.45) is 5.92 Å². The molecule has 3 rings (SSSR count). The molecule has 0 saturated carbocycles. The van der Waals surface area contributed by atoms with Gasteiger partial charge in [-0.3, -0.25) is 9.69 Å². The Bertz CT molecular complexity index is 306. The van der Waals surface area contributed by atoms with Crippen molar-refractivity contribution in [3.63, 3.8) is 0 Å². The summed E-state index contributed by atoms with van der Waals surface area (Å²) in [5.74, 6) is 0.931. The third-order valence-corrected chi connectivity index (χ3v) is 4.54. The largest absolute Gasteiger partial charge is 0.377 e. The highest BCUT2D eigenvalue weighted by molar-refractivity contribution is 5.76. The minimum absolute atomic E-state index is 0.350. The number of piperazine rings is 1. The van der Waals surface area contributed by atoms with Crippen LogP contribution in [0.2, 0.25) is 0 Å². The van der Waals surface area contributed by atoms with Crippen molar-refractivity contribution in [3.05, 3.63) is 0 Å². The van der Waals surface area contributed by atoms with Crippen molar-refractivity contribution >= 4 is 5.91 Å². The Kier molecular flexibility index (Phi) is 4.35. The smallest absolute Gasteiger partial charge is 0.223 e. The zero-order valence-electron chi connectivity index (χ0n) is 11.6. The highest BCUT2D eigenvalue weighted by atomic mass is 16.5. The molecule has 1 amide bonds. The van der Waals surface area contributed by atoms with Gasteiger partial charge in [0.25, 0.3) is 0 Å². The third-order valence-electron chi connectivity index (χ3n) is 4.54. The maximum Gasteiger partial charge on any atom is 0.223 e. The quantitative estimate of drug-likeness (QED) is 0.774. The number of rotatable bonds is 4.